The summed E-state index contributed by atoms with van der Waals surface area (Å²) >= 11 is 0. The average Bonchev–Trinajstić information content (AvgIpc) is 3.29. The molecule has 2 nitrogen and oxygen atoms in total. The van der Waals surface area contributed by atoms with Gasteiger partial charge in [-0.3, -0.25) is 0 Å². The third-order valence-electron chi connectivity index (χ3n) is 6.14. The molecule has 1 heterocycles. The van der Waals surface area contributed by atoms with Crippen LogP contribution >= 0.6 is 0 Å². The zero-order valence-electron chi connectivity index (χ0n) is 19.3. The van der Waals surface area contributed by atoms with Crippen LogP contribution < -0.4 is 4.74 Å². The molecule has 0 amide bonds. The van der Waals surface area contributed by atoms with Gasteiger partial charge in [-0.05, 0) is 48.1 Å². The highest BCUT2D eigenvalue weighted by atomic mass is 19.3. The number of hydrogen-bond acceptors (Lipinski definition) is 2. The molecule has 0 saturated carbocycles. The second-order valence-corrected chi connectivity index (χ2v) is 8.72. The zero-order chi connectivity index (χ0) is 26.0. The molecule has 1 aliphatic rings. The molecule has 1 aliphatic heterocycles. The lowest BCUT2D eigenvalue weighted by Gasteiger charge is -2.20. The van der Waals surface area contributed by atoms with E-state index in [0.717, 1.165) is 37.7 Å². The van der Waals surface area contributed by atoms with Crippen molar-refractivity contribution in [3.8, 4) is 16.9 Å². The molecule has 1 saturated heterocycles. The van der Waals surface area contributed by atoms with Gasteiger partial charge in [-0.2, -0.15) is 8.78 Å². The Hall–Kier alpha value is -3.07. The van der Waals surface area contributed by atoms with Crippen molar-refractivity contribution in [3.05, 3.63) is 88.7 Å². The van der Waals surface area contributed by atoms with Crippen LogP contribution in [0, 0.1) is 29.1 Å². The maximum atomic E-state index is 14.7. The first-order chi connectivity index (χ1) is 17.1. The third kappa shape index (κ3) is 5.51. The van der Waals surface area contributed by atoms with E-state index >= 15 is 0 Å². The van der Waals surface area contributed by atoms with Gasteiger partial charge in [-0.25, -0.2) is 22.0 Å². The van der Waals surface area contributed by atoms with E-state index in [1.165, 1.54) is 0 Å². The van der Waals surface area contributed by atoms with Crippen LogP contribution in [0.2, 0.25) is 0 Å². The van der Waals surface area contributed by atoms with Gasteiger partial charge in [0, 0.05) is 12.1 Å². The van der Waals surface area contributed by atoms with E-state index in [9.17, 15) is 30.7 Å². The fraction of sp³-hybridized carbons (Fsp3) is 0.333. The lowest BCUT2D eigenvalue weighted by Crippen LogP contribution is -2.25. The van der Waals surface area contributed by atoms with Crippen LogP contribution in [0.15, 0.2) is 48.5 Å². The Morgan fingerprint density at radius 1 is 0.833 bits per heavy atom. The molecule has 0 spiro atoms. The summed E-state index contributed by atoms with van der Waals surface area (Å²) in [7, 11) is 0. The van der Waals surface area contributed by atoms with Gasteiger partial charge >= 0.3 is 6.11 Å². The Morgan fingerprint density at radius 2 is 1.44 bits per heavy atom. The van der Waals surface area contributed by atoms with E-state index in [1.54, 1.807) is 24.3 Å². The molecule has 0 aromatic heterocycles. The summed E-state index contributed by atoms with van der Waals surface area (Å²) in [4.78, 5) is 0. The van der Waals surface area contributed by atoms with E-state index in [4.69, 9.17) is 4.74 Å². The van der Waals surface area contributed by atoms with Gasteiger partial charge in [0.15, 0.2) is 17.5 Å². The first kappa shape index (κ1) is 26.0. The highest BCUT2D eigenvalue weighted by Crippen LogP contribution is 2.39. The van der Waals surface area contributed by atoms with Crippen LogP contribution in [0.5, 0.6) is 5.75 Å². The summed E-state index contributed by atoms with van der Waals surface area (Å²) in [6, 6.07) is 8.49. The molecular formula is C27H23F7O2. The molecule has 36 heavy (non-hydrogen) atoms. The monoisotopic (exact) mass is 512 g/mol. The van der Waals surface area contributed by atoms with Crippen molar-refractivity contribution in [1.82, 2.24) is 0 Å². The van der Waals surface area contributed by atoms with E-state index in [1.807, 2.05) is 0 Å². The van der Waals surface area contributed by atoms with Crippen molar-refractivity contribution >= 4 is 0 Å². The average molecular weight is 512 g/mol. The molecule has 0 N–H and O–H groups in total. The van der Waals surface area contributed by atoms with E-state index in [0.29, 0.717) is 17.7 Å². The topological polar surface area (TPSA) is 18.5 Å². The second kappa shape index (κ2) is 10.5. The first-order valence-corrected chi connectivity index (χ1v) is 11.6. The van der Waals surface area contributed by atoms with E-state index in [-0.39, 0.29) is 29.9 Å². The molecule has 192 valence electrons. The van der Waals surface area contributed by atoms with Gasteiger partial charge in [0.05, 0.1) is 12.2 Å². The molecule has 0 radical (unpaired) electrons. The van der Waals surface area contributed by atoms with Crippen LogP contribution in [-0.2, 0) is 10.8 Å². The summed E-state index contributed by atoms with van der Waals surface area (Å²) in [5, 5.41) is 0. The number of halogens is 7. The fourth-order valence-corrected chi connectivity index (χ4v) is 4.29. The first-order valence-electron chi connectivity index (χ1n) is 11.6. The summed E-state index contributed by atoms with van der Waals surface area (Å²) in [5.74, 6) is -9.87. The summed E-state index contributed by atoms with van der Waals surface area (Å²) < 4.78 is 108. The molecule has 2 atom stereocenters. The highest BCUT2D eigenvalue weighted by molar-refractivity contribution is 5.64. The lowest BCUT2D eigenvalue weighted by molar-refractivity contribution is -0.189. The van der Waals surface area contributed by atoms with Crippen molar-refractivity contribution in [2.24, 2.45) is 0 Å². The van der Waals surface area contributed by atoms with Crippen molar-refractivity contribution in [3.63, 3.8) is 0 Å². The number of benzene rings is 3. The largest absolute Gasteiger partial charge is 0.432 e. The number of unbranched alkanes of at least 4 members (excludes halogenated alkanes) is 1. The minimum Gasteiger partial charge on any atom is -0.429 e. The normalized spacial score (nSPS) is 18.0. The molecule has 2 unspecified atom stereocenters. The van der Waals surface area contributed by atoms with E-state index in [2.05, 4.69) is 11.7 Å². The molecule has 4 rings (SSSR count). The summed E-state index contributed by atoms with van der Waals surface area (Å²) in [6.45, 7) is 2.12. The molecule has 9 heteroatoms. The SMILES string of the molecule is CCCCC1CCC(c2ccc(-c3cc(F)c(C(F)(F)Oc4cc(F)c(F)c(F)c4)c(F)c3)cc2)O1. The van der Waals surface area contributed by atoms with Gasteiger partial charge in [-0.1, -0.05) is 44.0 Å². The zero-order valence-corrected chi connectivity index (χ0v) is 19.3. The minimum atomic E-state index is -4.64. The van der Waals surface area contributed by atoms with Gasteiger partial charge in [0.1, 0.15) is 22.9 Å². The standard InChI is InChI=1S/C27H23F7O2/c1-2-3-4-18-9-10-24(35-18)16-7-5-15(6-8-16)17-11-20(28)25(21(29)12-17)27(33,34)36-19-13-22(30)26(32)23(31)14-19/h5-8,11-14,18,24H,2-4,9-10H2,1H3. The van der Waals surface area contributed by atoms with Gasteiger partial charge in [-0.15, -0.1) is 0 Å². The lowest BCUT2D eigenvalue weighted by atomic mass is 9.99. The number of alkyl halides is 2. The minimum absolute atomic E-state index is 0.00290. The molecule has 0 bridgehead atoms. The maximum absolute atomic E-state index is 14.7. The van der Waals surface area contributed by atoms with Crippen LogP contribution in [0.4, 0.5) is 30.7 Å². The Bertz CT molecular complexity index is 1180. The van der Waals surface area contributed by atoms with Crippen molar-refractivity contribution in [2.75, 3.05) is 0 Å². The molecule has 3 aromatic rings. The van der Waals surface area contributed by atoms with Crippen molar-refractivity contribution in [2.45, 2.75) is 57.3 Å². The fourth-order valence-electron chi connectivity index (χ4n) is 4.29. The Morgan fingerprint density at radius 3 is 2.03 bits per heavy atom. The quantitative estimate of drug-likeness (QED) is 0.222. The van der Waals surface area contributed by atoms with Gasteiger partial charge in [0.2, 0.25) is 0 Å². The molecular weight excluding hydrogens is 489 g/mol. The van der Waals surface area contributed by atoms with Crippen LogP contribution in [0.3, 0.4) is 0 Å². The predicted molar refractivity (Wildman–Crippen MR) is 119 cm³/mol. The smallest absolute Gasteiger partial charge is 0.429 e. The van der Waals surface area contributed by atoms with Gasteiger partial charge in [0.25, 0.3) is 0 Å². The number of rotatable bonds is 8. The van der Waals surface area contributed by atoms with Crippen LogP contribution in [0.25, 0.3) is 11.1 Å². The Labute approximate surface area is 203 Å². The molecule has 3 aromatic carbocycles. The van der Waals surface area contributed by atoms with Crippen molar-refractivity contribution in [1.29, 1.82) is 0 Å². The van der Waals surface area contributed by atoms with Crippen LogP contribution in [-0.4, -0.2) is 6.10 Å². The Balaban J connectivity index is 1.53. The van der Waals surface area contributed by atoms with Crippen molar-refractivity contribution < 1.29 is 40.2 Å². The van der Waals surface area contributed by atoms with Gasteiger partial charge < -0.3 is 9.47 Å². The van der Waals surface area contributed by atoms with E-state index < -0.39 is 46.5 Å². The summed E-state index contributed by atoms with van der Waals surface area (Å²) in [6.07, 6.45) is 0.487. The highest BCUT2D eigenvalue weighted by Gasteiger charge is 2.41. The Kier molecular flexibility index (Phi) is 7.59. The predicted octanol–water partition coefficient (Wildman–Crippen LogP) is 8.59. The summed E-state index contributed by atoms with van der Waals surface area (Å²) in [5.41, 5.74) is -0.446. The number of hydrogen-bond donors (Lipinski definition) is 0. The number of ether oxygens (including phenoxy) is 2. The van der Waals surface area contributed by atoms with Crippen LogP contribution in [0.1, 0.15) is 56.3 Å². The maximum Gasteiger partial charge on any atom is 0.432 e. The third-order valence-corrected chi connectivity index (χ3v) is 6.14. The molecule has 1 fully saturated rings. The second-order valence-electron chi connectivity index (χ2n) is 8.72. The molecule has 0 aliphatic carbocycles.